The summed E-state index contributed by atoms with van der Waals surface area (Å²) in [4.78, 5) is 11.9. The number of anilines is 1. The van der Waals surface area contributed by atoms with E-state index in [2.05, 4.69) is 0 Å². The van der Waals surface area contributed by atoms with Gasteiger partial charge in [0.1, 0.15) is 5.75 Å². The Morgan fingerprint density at radius 2 is 1.83 bits per heavy atom. The van der Waals surface area contributed by atoms with Gasteiger partial charge in [0, 0.05) is 13.1 Å². The van der Waals surface area contributed by atoms with E-state index in [1.165, 1.54) is 22.5 Å². The molecule has 1 aliphatic heterocycles. The van der Waals surface area contributed by atoms with E-state index in [9.17, 15) is 26.4 Å². The van der Waals surface area contributed by atoms with Gasteiger partial charge < -0.3 is 14.8 Å². The van der Waals surface area contributed by atoms with E-state index in [0.29, 0.717) is 19.3 Å². The van der Waals surface area contributed by atoms with Crippen LogP contribution in [0.5, 0.6) is 5.75 Å². The maximum Gasteiger partial charge on any atom is 0.262 e. The van der Waals surface area contributed by atoms with Crippen molar-refractivity contribution in [3.8, 4) is 5.75 Å². The first-order valence-corrected chi connectivity index (χ1v) is 10.5. The topological polar surface area (TPSA) is 84.9 Å². The van der Waals surface area contributed by atoms with E-state index in [0.717, 1.165) is 6.07 Å². The molecule has 0 saturated carbocycles. The van der Waals surface area contributed by atoms with Gasteiger partial charge in [-0.05, 0) is 30.3 Å². The number of halogens is 4. The number of nitrogens with one attached hydrogen (secondary N) is 1. The molecule has 3 rings (SSSR count). The first-order chi connectivity index (χ1) is 14.2. The predicted molar refractivity (Wildman–Crippen MR) is 101 cm³/mol. The second kappa shape index (κ2) is 9.21. The number of amides is 1. The summed E-state index contributed by atoms with van der Waals surface area (Å²) in [5, 5.41) is 1.98. The second-order valence-corrected chi connectivity index (χ2v) is 8.51. The van der Waals surface area contributed by atoms with Crippen molar-refractivity contribution in [2.24, 2.45) is 0 Å². The summed E-state index contributed by atoms with van der Waals surface area (Å²) in [5.41, 5.74) is -0.555. The number of carbonyl (C=O) groups excluding carboxylic acids is 1. The molecule has 0 aliphatic carbocycles. The van der Waals surface area contributed by atoms with Gasteiger partial charge in [-0.1, -0.05) is 11.6 Å². The fraction of sp³-hybridized carbons (Fsp3) is 0.278. The summed E-state index contributed by atoms with van der Waals surface area (Å²) in [6.45, 7) is 0.398. The zero-order valence-electron chi connectivity index (χ0n) is 15.3. The highest BCUT2D eigenvalue weighted by Crippen LogP contribution is 2.29. The third-order valence-electron chi connectivity index (χ3n) is 4.18. The van der Waals surface area contributed by atoms with Crippen LogP contribution in [-0.2, 0) is 19.6 Å². The highest BCUT2D eigenvalue weighted by atomic mass is 35.5. The van der Waals surface area contributed by atoms with Crippen LogP contribution in [0.1, 0.15) is 0 Å². The van der Waals surface area contributed by atoms with Crippen molar-refractivity contribution in [2.75, 3.05) is 38.2 Å². The number of benzene rings is 2. The molecule has 1 saturated heterocycles. The van der Waals surface area contributed by atoms with Crippen LogP contribution in [0.2, 0.25) is 5.02 Å². The molecule has 1 aliphatic rings. The Kier molecular flexibility index (Phi) is 6.86. The van der Waals surface area contributed by atoms with Gasteiger partial charge in [0.2, 0.25) is 10.0 Å². The fourth-order valence-electron chi connectivity index (χ4n) is 2.65. The molecule has 0 bridgehead atoms. The molecule has 2 aromatic rings. The minimum atomic E-state index is -3.76. The summed E-state index contributed by atoms with van der Waals surface area (Å²) in [7, 11) is -3.76. The fourth-order valence-corrected chi connectivity index (χ4v) is 4.38. The molecule has 0 atom stereocenters. The van der Waals surface area contributed by atoms with Crippen LogP contribution in [-0.4, -0.2) is 51.5 Å². The van der Waals surface area contributed by atoms with E-state index in [-0.39, 0.29) is 28.8 Å². The first kappa shape index (κ1) is 22.3. The van der Waals surface area contributed by atoms with Gasteiger partial charge in [-0.2, -0.15) is 4.31 Å². The second-order valence-electron chi connectivity index (χ2n) is 6.17. The van der Waals surface area contributed by atoms with E-state index < -0.39 is 45.7 Å². The van der Waals surface area contributed by atoms with Crippen LogP contribution in [0, 0.1) is 17.5 Å². The largest absolute Gasteiger partial charge is 0.482 e. The quantitative estimate of drug-likeness (QED) is 0.664. The van der Waals surface area contributed by atoms with Crippen molar-refractivity contribution < 1.29 is 35.9 Å². The van der Waals surface area contributed by atoms with E-state index in [4.69, 9.17) is 21.1 Å². The van der Waals surface area contributed by atoms with Crippen LogP contribution < -0.4 is 10.1 Å². The van der Waals surface area contributed by atoms with E-state index in [1.807, 2.05) is 5.32 Å². The molecule has 2 aromatic carbocycles. The van der Waals surface area contributed by atoms with Crippen molar-refractivity contribution in [1.29, 1.82) is 0 Å². The molecule has 1 fully saturated rings. The van der Waals surface area contributed by atoms with Crippen LogP contribution in [0.25, 0.3) is 0 Å². The number of sulfonamides is 1. The van der Waals surface area contributed by atoms with Gasteiger partial charge in [-0.25, -0.2) is 21.6 Å². The minimum Gasteiger partial charge on any atom is -0.482 e. The molecule has 1 heterocycles. The molecule has 0 unspecified atom stereocenters. The number of carbonyl (C=O) groups is 1. The van der Waals surface area contributed by atoms with Crippen molar-refractivity contribution in [3.05, 3.63) is 52.8 Å². The highest BCUT2D eigenvalue weighted by molar-refractivity contribution is 7.89. The van der Waals surface area contributed by atoms with Crippen LogP contribution in [0.4, 0.5) is 18.9 Å². The highest BCUT2D eigenvalue weighted by Gasteiger charge is 2.27. The molecule has 0 aromatic heterocycles. The minimum absolute atomic E-state index is 0.0125. The number of rotatable bonds is 6. The number of morpholine rings is 1. The van der Waals surface area contributed by atoms with Crippen molar-refractivity contribution in [3.63, 3.8) is 0 Å². The normalized spacial score (nSPS) is 15.1. The van der Waals surface area contributed by atoms with Crippen LogP contribution >= 0.6 is 11.6 Å². The smallest absolute Gasteiger partial charge is 0.262 e. The van der Waals surface area contributed by atoms with Gasteiger partial charge in [0.25, 0.3) is 5.91 Å². The number of ether oxygens (including phenoxy) is 2. The Bertz CT molecular complexity index is 1060. The Hall–Kier alpha value is -2.34. The number of nitrogens with zero attached hydrogens (tertiary/aromatic N) is 1. The molecule has 1 amide bonds. The lowest BCUT2D eigenvalue weighted by atomic mass is 10.3. The molecule has 12 heteroatoms. The molecule has 7 nitrogen and oxygen atoms in total. The lowest BCUT2D eigenvalue weighted by Crippen LogP contribution is -2.40. The van der Waals surface area contributed by atoms with Gasteiger partial charge >= 0.3 is 0 Å². The average molecular weight is 465 g/mol. The molecule has 0 spiro atoms. The Balaban J connectivity index is 1.65. The number of hydrogen-bond acceptors (Lipinski definition) is 5. The van der Waals surface area contributed by atoms with Crippen molar-refractivity contribution >= 4 is 33.2 Å². The van der Waals surface area contributed by atoms with Gasteiger partial charge in [0.05, 0.1) is 28.8 Å². The summed E-state index contributed by atoms with van der Waals surface area (Å²) in [5.74, 6) is -5.49. The summed E-state index contributed by atoms with van der Waals surface area (Å²) in [6.07, 6.45) is 0. The molecule has 0 radical (unpaired) electrons. The summed E-state index contributed by atoms with van der Waals surface area (Å²) in [6, 6.07) is 5.28. The van der Waals surface area contributed by atoms with Gasteiger partial charge in [-0.3, -0.25) is 4.79 Å². The third kappa shape index (κ3) is 4.86. The molecule has 1 N–H and O–H groups in total. The first-order valence-electron chi connectivity index (χ1n) is 8.63. The molecular formula is C18H16ClF3N2O5S. The monoisotopic (exact) mass is 464 g/mol. The third-order valence-corrected chi connectivity index (χ3v) is 6.37. The summed E-state index contributed by atoms with van der Waals surface area (Å²) >= 11 is 6.07. The SMILES string of the molecule is O=C(COc1ccc(S(=O)(=O)N2CCOCC2)cc1Cl)Nc1ccc(F)c(F)c1F. The Morgan fingerprint density at radius 3 is 2.50 bits per heavy atom. The predicted octanol–water partition coefficient (Wildman–Crippen LogP) is 2.80. The molecule has 162 valence electrons. The van der Waals surface area contributed by atoms with Crippen LogP contribution in [0.3, 0.4) is 0 Å². The molecular weight excluding hydrogens is 449 g/mol. The lowest BCUT2D eigenvalue weighted by molar-refractivity contribution is -0.118. The maximum absolute atomic E-state index is 13.6. The number of hydrogen-bond donors (Lipinski definition) is 1. The van der Waals surface area contributed by atoms with Crippen molar-refractivity contribution in [2.45, 2.75) is 4.90 Å². The maximum atomic E-state index is 13.6. The Morgan fingerprint density at radius 1 is 1.13 bits per heavy atom. The van der Waals surface area contributed by atoms with Gasteiger partial charge in [0.15, 0.2) is 24.1 Å². The van der Waals surface area contributed by atoms with E-state index >= 15 is 0 Å². The average Bonchev–Trinajstić information content (AvgIpc) is 2.74. The Labute approximate surface area is 175 Å². The van der Waals surface area contributed by atoms with Crippen LogP contribution in [0.15, 0.2) is 35.2 Å². The van der Waals surface area contributed by atoms with Gasteiger partial charge in [-0.15, -0.1) is 0 Å². The lowest BCUT2D eigenvalue weighted by Gasteiger charge is -2.26. The zero-order chi connectivity index (χ0) is 21.9. The van der Waals surface area contributed by atoms with Crippen molar-refractivity contribution in [1.82, 2.24) is 4.31 Å². The summed E-state index contributed by atoms with van der Waals surface area (Å²) < 4.78 is 76.6. The molecule has 30 heavy (non-hydrogen) atoms. The zero-order valence-corrected chi connectivity index (χ0v) is 16.9. The standard InChI is InChI=1S/C18H16ClF3N2O5S/c19-12-9-11(30(26,27)24-5-7-28-8-6-24)1-4-15(12)29-10-16(25)23-14-3-2-13(20)17(21)18(14)22/h1-4,9H,5-8,10H2,(H,23,25). The van der Waals surface area contributed by atoms with E-state index in [1.54, 1.807) is 0 Å².